The first kappa shape index (κ1) is 15.7. The van der Waals surface area contributed by atoms with E-state index >= 15 is 0 Å². The van der Waals surface area contributed by atoms with Gasteiger partial charge in [-0.25, -0.2) is 0 Å². The zero-order valence-corrected chi connectivity index (χ0v) is 12.2. The Labute approximate surface area is 116 Å². The lowest BCUT2D eigenvalue weighted by atomic mass is 9.88. The number of hydrogen-bond donors (Lipinski definition) is 1. The standard InChI is InChI=1S/C16H25NO2/c1-4-11-16(18,12-5-2)14(3)17-19-13-15-9-7-6-8-10-15/h6-10,18H,4-5,11-13H2,1-3H3. The summed E-state index contributed by atoms with van der Waals surface area (Å²) >= 11 is 0. The van der Waals surface area contributed by atoms with Crippen molar-refractivity contribution in [1.82, 2.24) is 0 Å². The van der Waals surface area contributed by atoms with Gasteiger partial charge in [0.25, 0.3) is 0 Å². The van der Waals surface area contributed by atoms with Crippen LogP contribution in [0.25, 0.3) is 0 Å². The quantitative estimate of drug-likeness (QED) is 0.570. The summed E-state index contributed by atoms with van der Waals surface area (Å²) < 4.78 is 0. The minimum Gasteiger partial charge on any atom is -0.391 e. The second kappa shape index (κ2) is 7.95. The molecule has 0 saturated carbocycles. The first-order valence-corrected chi connectivity index (χ1v) is 7.05. The predicted octanol–water partition coefficient (Wildman–Crippen LogP) is 3.91. The van der Waals surface area contributed by atoms with E-state index in [0.717, 1.165) is 31.2 Å². The van der Waals surface area contributed by atoms with Crippen LogP contribution in [0.2, 0.25) is 0 Å². The molecule has 0 aliphatic heterocycles. The maximum atomic E-state index is 10.6. The number of hydrogen-bond acceptors (Lipinski definition) is 3. The number of benzene rings is 1. The van der Waals surface area contributed by atoms with Crippen molar-refractivity contribution in [1.29, 1.82) is 0 Å². The van der Waals surface area contributed by atoms with Crippen LogP contribution in [0.5, 0.6) is 0 Å². The van der Waals surface area contributed by atoms with Crippen molar-refractivity contribution >= 4 is 5.71 Å². The molecule has 0 heterocycles. The normalized spacial score (nSPS) is 12.5. The summed E-state index contributed by atoms with van der Waals surface area (Å²) in [6, 6.07) is 9.91. The Morgan fingerprint density at radius 2 is 1.74 bits per heavy atom. The van der Waals surface area contributed by atoms with Crippen LogP contribution >= 0.6 is 0 Å². The molecule has 0 aliphatic rings. The van der Waals surface area contributed by atoms with Crippen LogP contribution in [0.15, 0.2) is 35.5 Å². The highest BCUT2D eigenvalue weighted by atomic mass is 16.6. The molecule has 3 nitrogen and oxygen atoms in total. The van der Waals surface area contributed by atoms with Gasteiger partial charge in [0.05, 0.1) is 5.71 Å². The van der Waals surface area contributed by atoms with Gasteiger partial charge in [0, 0.05) is 0 Å². The molecule has 1 aromatic carbocycles. The van der Waals surface area contributed by atoms with Crippen LogP contribution in [-0.4, -0.2) is 16.4 Å². The lowest BCUT2D eigenvalue weighted by Gasteiger charge is -2.26. The average molecular weight is 263 g/mol. The summed E-state index contributed by atoms with van der Waals surface area (Å²) in [7, 11) is 0. The van der Waals surface area contributed by atoms with Gasteiger partial charge in [0.2, 0.25) is 0 Å². The molecule has 3 heteroatoms. The highest BCUT2D eigenvalue weighted by molar-refractivity contribution is 5.89. The van der Waals surface area contributed by atoms with Gasteiger partial charge in [-0.3, -0.25) is 0 Å². The van der Waals surface area contributed by atoms with Crippen molar-refractivity contribution in [3.05, 3.63) is 35.9 Å². The zero-order chi connectivity index (χ0) is 14.1. The van der Waals surface area contributed by atoms with Crippen molar-refractivity contribution in [3.63, 3.8) is 0 Å². The molecule has 0 fully saturated rings. The third kappa shape index (κ3) is 5.03. The predicted molar refractivity (Wildman–Crippen MR) is 79.1 cm³/mol. The van der Waals surface area contributed by atoms with Crippen molar-refractivity contribution in [2.75, 3.05) is 0 Å². The monoisotopic (exact) mass is 263 g/mol. The molecule has 0 radical (unpaired) electrons. The fourth-order valence-corrected chi connectivity index (χ4v) is 2.18. The molecule has 0 aliphatic carbocycles. The lowest BCUT2D eigenvalue weighted by molar-refractivity contribution is 0.0749. The summed E-state index contributed by atoms with van der Waals surface area (Å²) in [4.78, 5) is 5.35. The molecule has 0 saturated heterocycles. The third-order valence-electron chi connectivity index (χ3n) is 3.28. The summed E-state index contributed by atoms with van der Waals surface area (Å²) in [5.74, 6) is 0. The fourth-order valence-electron chi connectivity index (χ4n) is 2.18. The van der Waals surface area contributed by atoms with E-state index in [1.807, 2.05) is 37.3 Å². The summed E-state index contributed by atoms with van der Waals surface area (Å²) in [6.07, 6.45) is 3.32. The molecular weight excluding hydrogens is 238 g/mol. The van der Waals surface area contributed by atoms with E-state index in [-0.39, 0.29) is 0 Å². The van der Waals surface area contributed by atoms with Gasteiger partial charge in [-0.05, 0) is 25.3 Å². The second-order valence-corrected chi connectivity index (χ2v) is 4.97. The van der Waals surface area contributed by atoms with Crippen molar-refractivity contribution < 1.29 is 9.94 Å². The van der Waals surface area contributed by atoms with E-state index in [4.69, 9.17) is 4.84 Å². The third-order valence-corrected chi connectivity index (χ3v) is 3.28. The molecule has 1 aromatic rings. The molecule has 0 bridgehead atoms. The van der Waals surface area contributed by atoms with E-state index in [2.05, 4.69) is 19.0 Å². The summed E-state index contributed by atoms with van der Waals surface area (Å²) in [5.41, 5.74) is 0.931. The van der Waals surface area contributed by atoms with Gasteiger partial charge < -0.3 is 9.94 Å². The van der Waals surface area contributed by atoms with Crippen LogP contribution in [-0.2, 0) is 11.4 Å². The topological polar surface area (TPSA) is 41.8 Å². The SMILES string of the molecule is CCCC(O)(CCC)C(C)=NOCc1ccccc1. The van der Waals surface area contributed by atoms with Crippen molar-refractivity contribution in [3.8, 4) is 0 Å². The maximum absolute atomic E-state index is 10.6. The highest BCUT2D eigenvalue weighted by Gasteiger charge is 2.29. The minimum absolute atomic E-state index is 0.437. The Balaban J connectivity index is 2.59. The number of rotatable bonds is 8. The lowest BCUT2D eigenvalue weighted by Crippen LogP contribution is -2.36. The number of nitrogens with zero attached hydrogens (tertiary/aromatic N) is 1. The van der Waals surface area contributed by atoms with Gasteiger partial charge in [0.15, 0.2) is 0 Å². The van der Waals surface area contributed by atoms with Gasteiger partial charge in [0.1, 0.15) is 12.2 Å². The van der Waals surface area contributed by atoms with Crippen LogP contribution in [0.3, 0.4) is 0 Å². The Bertz CT molecular complexity index is 381. The molecule has 1 rings (SSSR count). The Morgan fingerprint density at radius 3 is 2.26 bits per heavy atom. The van der Waals surface area contributed by atoms with E-state index < -0.39 is 5.60 Å². The van der Waals surface area contributed by atoms with Crippen LogP contribution in [0.1, 0.15) is 52.0 Å². The van der Waals surface area contributed by atoms with E-state index in [9.17, 15) is 5.11 Å². The molecule has 19 heavy (non-hydrogen) atoms. The van der Waals surface area contributed by atoms with E-state index in [1.54, 1.807) is 0 Å². The van der Waals surface area contributed by atoms with Gasteiger partial charge in [-0.1, -0.05) is 62.2 Å². The Kier molecular flexibility index (Phi) is 6.57. The van der Waals surface area contributed by atoms with Crippen LogP contribution < -0.4 is 0 Å². The Morgan fingerprint density at radius 1 is 1.16 bits per heavy atom. The van der Waals surface area contributed by atoms with Crippen molar-refractivity contribution in [2.45, 2.75) is 58.7 Å². The first-order valence-electron chi connectivity index (χ1n) is 7.05. The molecule has 0 spiro atoms. The average Bonchev–Trinajstić information content (AvgIpc) is 2.40. The smallest absolute Gasteiger partial charge is 0.142 e. The van der Waals surface area contributed by atoms with E-state index in [0.29, 0.717) is 12.3 Å². The first-order chi connectivity index (χ1) is 9.12. The van der Waals surface area contributed by atoms with Crippen molar-refractivity contribution in [2.24, 2.45) is 5.16 Å². The Hall–Kier alpha value is -1.35. The summed E-state index contributed by atoms with van der Waals surface area (Å²) in [5, 5.41) is 14.7. The van der Waals surface area contributed by atoms with E-state index in [1.165, 1.54) is 0 Å². The highest BCUT2D eigenvalue weighted by Crippen LogP contribution is 2.21. The largest absolute Gasteiger partial charge is 0.391 e. The van der Waals surface area contributed by atoms with Gasteiger partial charge in [-0.2, -0.15) is 0 Å². The molecule has 0 aromatic heterocycles. The van der Waals surface area contributed by atoms with Gasteiger partial charge >= 0.3 is 0 Å². The minimum atomic E-state index is -0.819. The molecule has 106 valence electrons. The molecule has 0 amide bonds. The molecule has 0 unspecified atom stereocenters. The second-order valence-electron chi connectivity index (χ2n) is 4.97. The van der Waals surface area contributed by atoms with Gasteiger partial charge in [-0.15, -0.1) is 0 Å². The maximum Gasteiger partial charge on any atom is 0.142 e. The molecule has 1 N–H and O–H groups in total. The van der Waals surface area contributed by atoms with Crippen LogP contribution in [0.4, 0.5) is 0 Å². The summed E-state index contributed by atoms with van der Waals surface area (Å²) in [6.45, 7) is 6.42. The fraction of sp³-hybridized carbons (Fsp3) is 0.562. The molecular formula is C16H25NO2. The zero-order valence-electron chi connectivity index (χ0n) is 12.2. The number of oxime groups is 1. The van der Waals surface area contributed by atoms with Crippen LogP contribution in [0, 0.1) is 0 Å². The number of aliphatic hydroxyl groups is 1. The molecule has 0 atom stereocenters.